The number of rotatable bonds is 1. The van der Waals surface area contributed by atoms with E-state index in [0.717, 1.165) is 0 Å². The van der Waals surface area contributed by atoms with E-state index in [1.807, 2.05) is 6.92 Å². The van der Waals surface area contributed by atoms with Crippen LogP contribution in [0.3, 0.4) is 0 Å². The molecular weight excluding hydrogens is 131 g/mol. The molecule has 0 saturated heterocycles. The van der Waals surface area contributed by atoms with E-state index in [4.69, 9.17) is 0 Å². The van der Waals surface area contributed by atoms with Gasteiger partial charge in [0.25, 0.3) is 0 Å². The Morgan fingerprint density at radius 3 is 2.00 bits per heavy atom. The van der Waals surface area contributed by atoms with Crippen molar-refractivity contribution in [1.82, 2.24) is 0 Å². The molecule has 0 saturated carbocycles. The zero-order chi connectivity index (χ0) is 3.41. The molecule has 3 heteroatoms. The van der Waals surface area contributed by atoms with Crippen LogP contribution in [0.1, 0.15) is 6.92 Å². The van der Waals surface area contributed by atoms with Crippen LogP contribution in [0.2, 0.25) is 0 Å². The van der Waals surface area contributed by atoms with Crippen molar-refractivity contribution in [2.75, 3.05) is 6.61 Å². The molecule has 0 heterocycles. The second-order valence-corrected chi connectivity index (χ2v) is 0.709. The minimum Gasteiger partial charge on any atom is -1.00 e. The van der Waals surface area contributed by atoms with E-state index in [0.29, 0.717) is 6.61 Å². The van der Waals surface area contributed by atoms with Gasteiger partial charge in [-0.2, -0.15) is 0 Å². The first-order valence-corrected chi connectivity index (χ1v) is 1.59. The Kier molecular flexibility index (Phi) is 16.3. The molecule has 0 atom stereocenters. The summed E-state index contributed by atoms with van der Waals surface area (Å²) in [7, 11) is 0. The Bertz CT molecular complexity index is 11.6. The summed E-state index contributed by atoms with van der Waals surface area (Å²) < 4.78 is 4.29. The van der Waals surface area contributed by atoms with Crippen molar-refractivity contribution in [2.24, 2.45) is 0 Å². The van der Waals surface area contributed by atoms with Gasteiger partial charge in [-0.3, -0.25) is 0 Å². The van der Waals surface area contributed by atoms with Crippen molar-refractivity contribution < 1.29 is 32.6 Å². The van der Waals surface area contributed by atoms with E-state index in [2.05, 4.69) is 20.2 Å². The zero-order valence-corrected chi connectivity index (χ0v) is 4.71. The summed E-state index contributed by atoms with van der Waals surface area (Å²) in [4.78, 5) is 0. The summed E-state index contributed by atoms with van der Waals surface area (Å²) >= 11 is 3.10. The minimum atomic E-state index is 0. The third kappa shape index (κ3) is 11.7. The van der Waals surface area contributed by atoms with Crippen LogP contribution in [0, 0.1) is 0 Å². The van der Waals surface area contributed by atoms with E-state index in [1.165, 1.54) is 0 Å². The Labute approximate surface area is 46.6 Å². The van der Waals surface area contributed by atoms with Crippen LogP contribution in [0.15, 0.2) is 0 Å². The summed E-state index contributed by atoms with van der Waals surface area (Å²) in [5.74, 6) is 0. The Morgan fingerprint density at radius 2 is 2.00 bits per heavy atom. The largest absolute Gasteiger partial charge is 1.00 e. The van der Waals surface area contributed by atoms with Gasteiger partial charge < -0.3 is 12.4 Å². The summed E-state index contributed by atoms with van der Waals surface area (Å²) in [5, 5.41) is 0. The molecule has 0 aliphatic heterocycles. The maximum atomic E-state index is 4.29. The van der Waals surface area contributed by atoms with Crippen molar-refractivity contribution in [2.45, 2.75) is 6.92 Å². The van der Waals surface area contributed by atoms with E-state index < -0.39 is 0 Å². The number of halogens is 1. The fourth-order valence-corrected chi connectivity index (χ4v) is 0. The third-order valence-corrected chi connectivity index (χ3v) is 0.421. The maximum absolute atomic E-state index is 4.29. The maximum Gasteiger partial charge on any atom is -1.00 e. The molecule has 0 unspecified atom stereocenters. The first kappa shape index (κ1) is 9.24. The van der Waals surface area contributed by atoms with Crippen LogP contribution in [0.25, 0.3) is 0 Å². The van der Waals surface area contributed by atoms with E-state index in [1.54, 1.807) is 0 Å². The smallest absolute Gasteiger partial charge is 1.00 e. The van der Waals surface area contributed by atoms with Crippen molar-refractivity contribution in [3.05, 3.63) is 0 Å². The molecule has 0 aromatic rings. The van der Waals surface area contributed by atoms with Crippen LogP contribution in [0.4, 0.5) is 0 Å². The molecule has 0 rings (SSSR count). The molecule has 1 nitrogen and oxygen atoms in total. The van der Waals surface area contributed by atoms with Crippen LogP contribution in [-0.4, -0.2) is 6.61 Å². The van der Waals surface area contributed by atoms with Gasteiger partial charge in [0.05, 0.1) is 0 Å². The molecule has 5 heavy (non-hydrogen) atoms. The topological polar surface area (TPSA) is 9.23 Å². The average Bonchev–Trinajstić information content (AvgIpc) is 1.37. The molecule has 0 fully saturated rings. The first-order chi connectivity index (χ1) is 1.91. The molecule has 0 aliphatic carbocycles. The van der Waals surface area contributed by atoms with Crippen LogP contribution >= 0.6 is 0 Å². The Hall–Kier alpha value is 0.769. The van der Waals surface area contributed by atoms with Gasteiger partial charge >= 0.3 is 33.7 Å². The normalized spacial score (nSPS) is 6.00. The van der Waals surface area contributed by atoms with Crippen LogP contribution in [0.5, 0.6) is 0 Å². The molecular formula is C2H5ClFeO. The second-order valence-electron chi connectivity index (χ2n) is 0.391. The SMILES string of the molecule is CC[O][Fe+].[Cl-]. The van der Waals surface area contributed by atoms with Crippen LogP contribution in [-0.2, 0) is 20.2 Å². The van der Waals surface area contributed by atoms with Crippen molar-refractivity contribution >= 4 is 0 Å². The molecule has 0 amide bonds. The van der Waals surface area contributed by atoms with E-state index in [9.17, 15) is 0 Å². The first-order valence-electron chi connectivity index (χ1n) is 1.14. The predicted octanol–water partition coefficient (Wildman–Crippen LogP) is -2.51. The van der Waals surface area contributed by atoms with Crippen LogP contribution < -0.4 is 12.4 Å². The third-order valence-electron chi connectivity index (χ3n) is 0.102. The molecule has 0 aromatic carbocycles. The Morgan fingerprint density at radius 1 is 1.80 bits per heavy atom. The van der Waals surface area contributed by atoms with Gasteiger partial charge in [-0.05, 0) is 0 Å². The number of hydrogen-bond donors (Lipinski definition) is 0. The monoisotopic (exact) mass is 136 g/mol. The molecule has 0 bridgehead atoms. The standard InChI is InChI=1S/C2H5O.ClH.Fe/c1-2-3;;/h2H2,1H3;1H;/q-1;;+2/p-1. The van der Waals surface area contributed by atoms with Gasteiger partial charge in [0.2, 0.25) is 0 Å². The Balaban J connectivity index is 0. The van der Waals surface area contributed by atoms with Gasteiger partial charge in [0.15, 0.2) is 0 Å². The number of hydrogen-bond acceptors (Lipinski definition) is 1. The van der Waals surface area contributed by atoms with Gasteiger partial charge in [0.1, 0.15) is 0 Å². The average molecular weight is 136 g/mol. The molecule has 0 aromatic heterocycles. The quantitative estimate of drug-likeness (QED) is 0.362. The summed E-state index contributed by atoms with van der Waals surface area (Å²) in [6, 6.07) is 0. The van der Waals surface area contributed by atoms with E-state index in [-0.39, 0.29) is 12.4 Å². The predicted molar refractivity (Wildman–Crippen MR) is 11.6 cm³/mol. The van der Waals surface area contributed by atoms with Gasteiger partial charge in [0, 0.05) is 0 Å². The molecule has 0 radical (unpaired) electrons. The molecule has 0 spiro atoms. The molecule has 0 N–H and O–H groups in total. The fraction of sp³-hybridized carbons (Fsp3) is 1.00. The molecule has 0 aliphatic rings. The van der Waals surface area contributed by atoms with Crippen molar-refractivity contribution in [3.8, 4) is 0 Å². The van der Waals surface area contributed by atoms with Gasteiger partial charge in [-0.1, -0.05) is 0 Å². The zero-order valence-electron chi connectivity index (χ0n) is 2.85. The summed E-state index contributed by atoms with van der Waals surface area (Å²) in [5.41, 5.74) is 0. The van der Waals surface area contributed by atoms with E-state index >= 15 is 0 Å². The van der Waals surface area contributed by atoms with Gasteiger partial charge in [-0.25, -0.2) is 0 Å². The van der Waals surface area contributed by atoms with Crippen molar-refractivity contribution in [3.63, 3.8) is 0 Å². The summed E-state index contributed by atoms with van der Waals surface area (Å²) in [6.07, 6.45) is 0. The second kappa shape index (κ2) is 8.84. The molecule has 34 valence electrons. The van der Waals surface area contributed by atoms with Gasteiger partial charge in [-0.15, -0.1) is 0 Å². The summed E-state index contributed by atoms with van der Waals surface area (Å²) in [6.45, 7) is 2.60. The fourth-order valence-electron chi connectivity index (χ4n) is 0. The van der Waals surface area contributed by atoms with Crippen molar-refractivity contribution in [1.29, 1.82) is 0 Å². The minimum absolute atomic E-state index is 0.